The van der Waals surface area contributed by atoms with E-state index >= 15 is 0 Å². The predicted octanol–water partition coefficient (Wildman–Crippen LogP) is 13.7. The smallest absolute Gasteiger partial charge is 0.457 e. The summed E-state index contributed by atoms with van der Waals surface area (Å²) in [7, 11) is 1.66. The normalized spacial score (nSPS) is 14.3. The van der Waals surface area contributed by atoms with Gasteiger partial charge < -0.3 is 18.9 Å². The van der Waals surface area contributed by atoms with Crippen molar-refractivity contribution in [1.82, 2.24) is 0 Å². The zero-order valence-electron chi connectivity index (χ0n) is 37.6. The molecular weight excluding hydrogens is 734 g/mol. The lowest BCUT2D eigenvalue weighted by molar-refractivity contribution is -0.870. The molecule has 57 heavy (non-hydrogen) atoms. The maximum atomic E-state index is 12.7. The number of carbonyl (C=O) groups is 1. The number of esters is 1. The highest BCUT2D eigenvalue weighted by Gasteiger charge is 2.26. The first-order chi connectivity index (χ1) is 27.6. The molecule has 0 saturated carbocycles. The fourth-order valence-electron chi connectivity index (χ4n) is 6.05. The van der Waals surface area contributed by atoms with Gasteiger partial charge in [0.1, 0.15) is 19.3 Å². The molecule has 332 valence electrons. The van der Waals surface area contributed by atoms with E-state index in [4.69, 9.17) is 18.5 Å². The number of nitrogens with zero attached hydrogens (tertiary/aromatic N) is 1. The molecule has 9 heteroatoms. The van der Waals surface area contributed by atoms with Crippen molar-refractivity contribution in [1.29, 1.82) is 0 Å². The fourth-order valence-corrected chi connectivity index (χ4v) is 6.79. The van der Waals surface area contributed by atoms with Gasteiger partial charge in [0.2, 0.25) is 0 Å². The Labute approximate surface area is 351 Å². The molecule has 0 rings (SSSR count). The van der Waals surface area contributed by atoms with Gasteiger partial charge >= 0.3 is 13.8 Å². The molecule has 0 heterocycles. The first-order valence-electron chi connectivity index (χ1n) is 23.0. The van der Waals surface area contributed by atoms with Crippen LogP contribution in [0.3, 0.4) is 0 Å². The van der Waals surface area contributed by atoms with E-state index < -0.39 is 13.9 Å². The quantitative estimate of drug-likeness (QED) is 0.0215. The summed E-state index contributed by atoms with van der Waals surface area (Å²) in [5.41, 5.74) is 0. The highest BCUT2D eigenvalue weighted by Crippen LogP contribution is 2.43. The summed E-state index contributed by atoms with van der Waals surface area (Å²) in [6.07, 6.45) is 51.1. The second-order valence-corrected chi connectivity index (χ2v) is 17.9. The number of ether oxygens (including phenoxy) is 2. The van der Waals surface area contributed by atoms with Crippen molar-refractivity contribution in [3.8, 4) is 0 Å². The Bertz CT molecular complexity index is 1090. The molecule has 0 aromatic carbocycles. The average molecular weight is 823 g/mol. The van der Waals surface area contributed by atoms with Gasteiger partial charge in [-0.3, -0.25) is 13.8 Å². The third-order valence-electron chi connectivity index (χ3n) is 9.59. The molecule has 0 fully saturated rings. The molecule has 1 N–H and O–H groups in total. The van der Waals surface area contributed by atoms with Gasteiger partial charge in [-0.1, -0.05) is 177 Å². The van der Waals surface area contributed by atoms with Gasteiger partial charge in [-0.2, -0.15) is 0 Å². The van der Waals surface area contributed by atoms with Crippen LogP contribution >= 0.6 is 7.82 Å². The minimum atomic E-state index is -4.28. The lowest BCUT2D eigenvalue weighted by atomic mass is 10.1. The van der Waals surface area contributed by atoms with Crippen LogP contribution in [0, 0.1) is 0 Å². The number of allylic oxidation sites excluding steroid dienone is 10. The number of hydrogen-bond donors (Lipinski definition) is 1. The van der Waals surface area contributed by atoms with E-state index in [-0.39, 0.29) is 25.8 Å². The van der Waals surface area contributed by atoms with Crippen molar-refractivity contribution in [3.63, 3.8) is 0 Å². The van der Waals surface area contributed by atoms with Gasteiger partial charge in [0.25, 0.3) is 0 Å². The average Bonchev–Trinajstić information content (AvgIpc) is 3.16. The molecule has 0 aromatic heterocycles. The van der Waals surface area contributed by atoms with Gasteiger partial charge in [0, 0.05) is 13.0 Å². The Kier molecular flexibility index (Phi) is 39.7. The Morgan fingerprint density at radius 3 is 1.53 bits per heavy atom. The Balaban J connectivity index is 4.20. The first kappa shape index (κ1) is 55.2. The van der Waals surface area contributed by atoms with Crippen molar-refractivity contribution in [2.75, 3.05) is 54.1 Å². The van der Waals surface area contributed by atoms with Crippen molar-refractivity contribution < 1.29 is 37.3 Å². The number of phosphoric ester groups is 1. The number of quaternary nitrogens is 1. The highest BCUT2D eigenvalue weighted by atomic mass is 31.2. The summed E-state index contributed by atoms with van der Waals surface area (Å²) in [6.45, 7) is 5.50. The number of carbonyl (C=O) groups excluding carboxylic acids is 1. The van der Waals surface area contributed by atoms with Crippen LogP contribution < -0.4 is 0 Å². The number of likely N-dealkylation sites (N-methyl/N-ethyl adjacent to an activating group) is 1. The lowest BCUT2D eigenvalue weighted by Crippen LogP contribution is -2.37. The first-order valence-corrected chi connectivity index (χ1v) is 24.5. The van der Waals surface area contributed by atoms with Crippen LogP contribution in [0.5, 0.6) is 0 Å². The summed E-state index contributed by atoms with van der Waals surface area (Å²) in [5, 5.41) is 0. The third kappa shape index (κ3) is 45.1. The molecule has 0 aliphatic heterocycles. The largest absolute Gasteiger partial charge is 0.472 e. The second kappa shape index (κ2) is 41.0. The Morgan fingerprint density at radius 1 is 0.561 bits per heavy atom. The van der Waals surface area contributed by atoms with Crippen LogP contribution in [0.2, 0.25) is 0 Å². The molecule has 2 unspecified atom stereocenters. The van der Waals surface area contributed by atoms with Crippen LogP contribution in [-0.4, -0.2) is 75.6 Å². The van der Waals surface area contributed by atoms with Crippen LogP contribution in [0.1, 0.15) is 181 Å². The number of hydrogen-bond acceptors (Lipinski definition) is 6. The minimum absolute atomic E-state index is 0.0848. The molecule has 0 aliphatic carbocycles. The molecule has 0 bridgehead atoms. The maximum absolute atomic E-state index is 12.7. The monoisotopic (exact) mass is 823 g/mol. The van der Waals surface area contributed by atoms with Crippen LogP contribution in [0.25, 0.3) is 0 Å². The second-order valence-electron chi connectivity index (χ2n) is 16.4. The van der Waals surface area contributed by atoms with E-state index in [0.29, 0.717) is 24.1 Å². The summed E-state index contributed by atoms with van der Waals surface area (Å²) in [4.78, 5) is 22.9. The van der Waals surface area contributed by atoms with Crippen LogP contribution in [-0.2, 0) is 27.9 Å². The zero-order valence-corrected chi connectivity index (χ0v) is 38.5. The highest BCUT2D eigenvalue weighted by molar-refractivity contribution is 7.47. The molecule has 0 saturated heterocycles. The fraction of sp³-hybridized carbons (Fsp3) is 0.771. The maximum Gasteiger partial charge on any atom is 0.472 e. The van der Waals surface area contributed by atoms with E-state index in [1.54, 1.807) is 0 Å². The van der Waals surface area contributed by atoms with E-state index in [1.807, 2.05) is 21.1 Å². The summed E-state index contributed by atoms with van der Waals surface area (Å²) < 4.78 is 35.0. The van der Waals surface area contributed by atoms with Crippen molar-refractivity contribution >= 4 is 13.8 Å². The van der Waals surface area contributed by atoms with Crippen LogP contribution in [0.4, 0.5) is 0 Å². The van der Waals surface area contributed by atoms with Crippen molar-refractivity contribution in [3.05, 3.63) is 60.8 Å². The van der Waals surface area contributed by atoms with E-state index in [1.165, 1.54) is 89.9 Å². The molecular formula is C48H89NO7P+. The van der Waals surface area contributed by atoms with Gasteiger partial charge in [-0.25, -0.2) is 4.57 Å². The van der Waals surface area contributed by atoms with Gasteiger partial charge in [-0.05, 0) is 57.8 Å². The molecule has 0 radical (unpaired) electrons. The lowest BCUT2D eigenvalue weighted by Gasteiger charge is -2.24. The van der Waals surface area contributed by atoms with E-state index in [9.17, 15) is 14.3 Å². The number of phosphoric acid groups is 1. The van der Waals surface area contributed by atoms with E-state index in [2.05, 4.69) is 74.6 Å². The van der Waals surface area contributed by atoms with Gasteiger partial charge in [0.05, 0.1) is 34.4 Å². The Morgan fingerprint density at radius 2 is 1.02 bits per heavy atom. The topological polar surface area (TPSA) is 91.3 Å². The third-order valence-corrected chi connectivity index (χ3v) is 10.6. The molecule has 2 atom stereocenters. The Hall–Kier alpha value is -1.80. The van der Waals surface area contributed by atoms with Crippen LogP contribution in [0.15, 0.2) is 60.8 Å². The standard InChI is InChI=1S/C48H88NO7P/c1-6-8-10-12-14-16-18-20-21-22-23-24-25-26-27-28-29-30-31-33-35-37-39-41-48(50)56-47(46-55-57(51,52)54-44-42-49(3,4)5)45-53-43-40-38-36-34-32-19-17-15-13-11-9-7-2/h8,10,14,16,20-21,23-24,26-27,47H,6-7,9,11-13,15,17-19,22,25,28-46H2,1-5H3/p+1/b10-8-,16-14-,21-20-,24-23-,27-26-. The molecule has 0 aliphatic rings. The van der Waals surface area contributed by atoms with Crippen molar-refractivity contribution in [2.24, 2.45) is 0 Å². The number of rotatable bonds is 42. The van der Waals surface area contributed by atoms with Crippen molar-refractivity contribution in [2.45, 2.75) is 187 Å². The summed E-state index contributed by atoms with van der Waals surface area (Å²) in [5.74, 6) is -0.326. The summed E-state index contributed by atoms with van der Waals surface area (Å²) >= 11 is 0. The molecule has 0 aromatic rings. The van der Waals surface area contributed by atoms with E-state index in [0.717, 1.165) is 70.6 Å². The van der Waals surface area contributed by atoms with Gasteiger partial charge in [-0.15, -0.1) is 0 Å². The minimum Gasteiger partial charge on any atom is -0.457 e. The molecule has 0 spiro atoms. The SMILES string of the molecule is CC/C=C\C/C=C\C/C=C\C/C=C\C/C=C\CCCCCCCCCC(=O)OC(COCCCCCCCCCCCCCC)COP(=O)(O)OCC[N+](C)(C)C. The zero-order chi connectivity index (χ0) is 42.0. The number of unbranched alkanes of at least 4 members (excludes halogenated alkanes) is 18. The summed E-state index contributed by atoms with van der Waals surface area (Å²) in [6, 6.07) is 0. The predicted molar refractivity (Wildman–Crippen MR) is 242 cm³/mol. The molecule has 8 nitrogen and oxygen atoms in total. The van der Waals surface area contributed by atoms with Gasteiger partial charge in [0.15, 0.2) is 0 Å². The molecule has 0 amide bonds.